The molecule has 0 spiro atoms. The number of rotatable bonds is 7. The molecule has 0 aromatic heterocycles. The molecule has 0 heterocycles. The normalized spacial score (nSPS) is 13.7. The molecule has 0 amide bonds. The fourth-order valence-corrected chi connectivity index (χ4v) is 1.31. The first-order chi connectivity index (χ1) is 6.90. The number of ether oxygens (including phenoxy) is 1. The first-order valence-electron chi connectivity index (χ1n) is 5.18. The molecule has 5 heteroatoms. The maximum Gasteiger partial charge on any atom is 0.325 e. The molecule has 0 fully saturated rings. The zero-order valence-electron chi connectivity index (χ0n) is 10.1. The Morgan fingerprint density at radius 3 is 2.40 bits per heavy atom. The Balaban J connectivity index is 3.69. The van der Waals surface area contributed by atoms with Crippen molar-refractivity contribution in [3.05, 3.63) is 0 Å². The zero-order chi connectivity index (χ0) is 11.9. The first kappa shape index (κ1) is 14.3. The molecule has 0 saturated heterocycles. The quantitative estimate of drug-likeness (QED) is 0.281. The second-order valence-corrected chi connectivity index (χ2v) is 4.71. The van der Waals surface area contributed by atoms with Crippen LogP contribution < -0.4 is 5.48 Å². The molecular formula is C10H23N2O3+. The topological polar surface area (TPSA) is 58.6 Å². The van der Waals surface area contributed by atoms with Crippen LogP contribution in [0.2, 0.25) is 0 Å². The lowest BCUT2D eigenvalue weighted by Crippen LogP contribution is -2.37. The number of methoxy groups -OCH3 is 1. The number of carbonyl (C=O) groups is 1. The van der Waals surface area contributed by atoms with E-state index in [-0.39, 0.29) is 0 Å². The summed E-state index contributed by atoms with van der Waals surface area (Å²) in [4.78, 5) is 11.1. The lowest BCUT2D eigenvalue weighted by atomic mass is 10.1. The number of nitrogens with zero attached hydrogens (tertiary/aromatic N) is 1. The molecule has 5 nitrogen and oxygen atoms in total. The van der Waals surface area contributed by atoms with Crippen molar-refractivity contribution in [2.75, 3.05) is 34.8 Å². The molecule has 90 valence electrons. The van der Waals surface area contributed by atoms with Crippen molar-refractivity contribution in [3.8, 4) is 0 Å². The van der Waals surface area contributed by atoms with Gasteiger partial charge in [-0.2, -0.15) is 5.48 Å². The number of carbonyl (C=O) groups excluding carboxylic acids is 1. The van der Waals surface area contributed by atoms with Crippen LogP contribution in [0.1, 0.15) is 19.3 Å². The third-order valence-corrected chi connectivity index (χ3v) is 2.21. The number of unbranched alkanes of at least 4 members (excludes halogenated alkanes) is 1. The number of esters is 1. The average molecular weight is 219 g/mol. The highest BCUT2D eigenvalue weighted by Gasteiger charge is 2.17. The van der Waals surface area contributed by atoms with Gasteiger partial charge in [-0.15, -0.1) is 0 Å². The minimum Gasteiger partial charge on any atom is -0.468 e. The van der Waals surface area contributed by atoms with Crippen molar-refractivity contribution in [2.24, 2.45) is 0 Å². The van der Waals surface area contributed by atoms with E-state index < -0.39 is 12.0 Å². The number of hydrogen-bond acceptors (Lipinski definition) is 4. The van der Waals surface area contributed by atoms with Crippen LogP contribution in [0.4, 0.5) is 0 Å². The van der Waals surface area contributed by atoms with Crippen LogP contribution in [0, 0.1) is 0 Å². The molecule has 2 N–H and O–H groups in total. The van der Waals surface area contributed by atoms with Crippen LogP contribution in [-0.2, 0) is 9.53 Å². The Morgan fingerprint density at radius 2 is 2.00 bits per heavy atom. The van der Waals surface area contributed by atoms with Crippen molar-refractivity contribution < 1.29 is 19.2 Å². The summed E-state index contributed by atoms with van der Waals surface area (Å²) in [5.74, 6) is -0.414. The van der Waals surface area contributed by atoms with Crippen LogP contribution in [0.25, 0.3) is 0 Å². The van der Waals surface area contributed by atoms with Crippen LogP contribution in [0.15, 0.2) is 0 Å². The highest BCUT2D eigenvalue weighted by atomic mass is 16.5. The van der Waals surface area contributed by atoms with E-state index in [1.807, 2.05) is 5.48 Å². The summed E-state index contributed by atoms with van der Waals surface area (Å²) < 4.78 is 5.45. The first-order valence-corrected chi connectivity index (χ1v) is 5.18. The number of hydroxylamine groups is 1. The molecule has 0 aromatic rings. The Kier molecular flexibility index (Phi) is 6.47. The van der Waals surface area contributed by atoms with E-state index in [1.54, 1.807) is 0 Å². The zero-order valence-corrected chi connectivity index (χ0v) is 10.1. The largest absolute Gasteiger partial charge is 0.468 e. The Bertz CT molecular complexity index is 190. The fraction of sp³-hybridized carbons (Fsp3) is 0.900. The Hall–Kier alpha value is -0.650. The van der Waals surface area contributed by atoms with Gasteiger partial charge < -0.3 is 14.4 Å². The van der Waals surface area contributed by atoms with Crippen LogP contribution in [0.5, 0.6) is 0 Å². The van der Waals surface area contributed by atoms with Crippen molar-refractivity contribution >= 4 is 5.97 Å². The molecule has 0 bridgehead atoms. The number of hydrogen-bond donors (Lipinski definition) is 2. The molecule has 0 aromatic carbocycles. The molecule has 0 rings (SSSR count). The molecule has 0 aliphatic rings. The third kappa shape index (κ3) is 7.30. The molecule has 0 saturated carbocycles. The van der Waals surface area contributed by atoms with E-state index in [2.05, 4.69) is 25.9 Å². The molecule has 1 atom stereocenters. The minimum atomic E-state index is -0.595. The van der Waals surface area contributed by atoms with Gasteiger partial charge in [-0.3, -0.25) is 4.79 Å². The van der Waals surface area contributed by atoms with Gasteiger partial charge in [0.05, 0.1) is 34.8 Å². The van der Waals surface area contributed by atoms with Gasteiger partial charge in [-0.1, -0.05) is 0 Å². The van der Waals surface area contributed by atoms with Crippen molar-refractivity contribution in [2.45, 2.75) is 25.3 Å². The summed E-state index contributed by atoms with van der Waals surface area (Å²) >= 11 is 0. The average Bonchev–Trinajstić information content (AvgIpc) is 2.15. The predicted octanol–water partition coefficient (Wildman–Crippen LogP) is 0.383. The van der Waals surface area contributed by atoms with Gasteiger partial charge in [0.25, 0.3) is 0 Å². The van der Waals surface area contributed by atoms with E-state index in [0.717, 1.165) is 23.9 Å². The van der Waals surface area contributed by atoms with E-state index in [1.165, 1.54) is 7.11 Å². The second kappa shape index (κ2) is 6.76. The highest BCUT2D eigenvalue weighted by molar-refractivity contribution is 5.75. The van der Waals surface area contributed by atoms with E-state index in [0.29, 0.717) is 6.42 Å². The summed E-state index contributed by atoms with van der Waals surface area (Å²) in [7, 11) is 7.70. The van der Waals surface area contributed by atoms with Gasteiger partial charge in [0.1, 0.15) is 6.04 Å². The van der Waals surface area contributed by atoms with Crippen molar-refractivity contribution in [3.63, 3.8) is 0 Å². The van der Waals surface area contributed by atoms with Crippen LogP contribution >= 0.6 is 0 Å². The van der Waals surface area contributed by atoms with E-state index in [4.69, 9.17) is 5.21 Å². The molecule has 0 aliphatic heterocycles. The minimum absolute atomic E-state index is 0.414. The van der Waals surface area contributed by atoms with Gasteiger partial charge in [0.2, 0.25) is 0 Å². The Labute approximate surface area is 91.6 Å². The molecular weight excluding hydrogens is 196 g/mol. The maximum absolute atomic E-state index is 11.1. The highest BCUT2D eigenvalue weighted by Crippen LogP contribution is 2.04. The number of nitrogens with one attached hydrogen (secondary N) is 1. The maximum atomic E-state index is 11.1. The monoisotopic (exact) mass is 219 g/mol. The summed E-state index contributed by atoms with van der Waals surface area (Å²) in [5, 5.41) is 8.73. The molecule has 15 heavy (non-hydrogen) atoms. The van der Waals surface area contributed by atoms with Crippen LogP contribution in [0.3, 0.4) is 0 Å². The molecule has 0 unspecified atom stereocenters. The molecule has 0 aliphatic carbocycles. The lowest BCUT2D eigenvalue weighted by molar-refractivity contribution is -0.870. The van der Waals surface area contributed by atoms with Gasteiger partial charge in [0, 0.05) is 0 Å². The SMILES string of the molecule is COC(=O)[C@H](CCCC[N+](C)(C)C)NO. The third-order valence-electron chi connectivity index (χ3n) is 2.21. The Morgan fingerprint density at radius 1 is 1.40 bits per heavy atom. The second-order valence-electron chi connectivity index (χ2n) is 4.71. The van der Waals surface area contributed by atoms with Crippen molar-refractivity contribution in [1.29, 1.82) is 0 Å². The smallest absolute Gasteiger partial charge is 0.325 e. The van der Waals surface area contributed by atoms with Crippen molar-refractivity contribution in [1.82, 2.24) is 5.48 Å². The van der Waals surface area contributed by atoms with Crippen LogP contribution in [-0.4, -0.2) is 56.5 Å². The summed E-state index contributed by atoms with van der Waals surface area (Å²) in [6, 6.07) is -0.595. The standard InChI is InChI=1S/C10H23N2O3/c1-12(2,3)8-6-5-7-9(11-14)10(13)15-4/h9,11,14H,5-8H2,1-4H3/q+1/t9-/m0/s1. The van der Waals surface area contributed by atoms with E-state index >= 15 is 0 Å². The van der Waals surface area contributed by atoms with E-state index in [9.17, 15) is 4.79 Å². The fourth-order valence-electron chi connectivity index (χ4n) is 1.31. The number of quaternary nitrogens is 1. The summed E-state index contributed by atoms with van der Waals surface area (Å²) in [6.45, 7) is 1.05. The summed E-state index contributed by atoms with van der Waals surface area (Å²) in [5.41, 5.74) is 1.97. The van der Waals surface area contributed by atoms with Gasteiger partial charge in [-0.05, 0) is 19.3 Å². The summed E-state index contributed by atoms with van der Waals surface area (Å²) in [6.07, 6.45) is 2.52. The van der Waals surface area contributed by atoms with Gasteiger partial charge in [0.15, 0.2) is 0 Å². The molecule has 0 radical (unpaired) electrons. The lowest BCUT2D eigenvalue weighted by Gasteiger charge is -2.24. The van der Waals surface area contributed by atoms with Gasteiger partial charge >= 0.3 is 5.97 Å². The predicted molar refractivity (Wildman–Crippen MR) is 57.5 cm³/mol. The van der Waals surface area contributed by atoms with Gasteiger partial charge in [-0.25, -0.2) is 0 Å².